The molecule has 1 unspecified atom stereocenters. The maximum Gasteiger partial charge on any atom is 0.289 e. The summed E-state index contributed by atoms with van der Waals surface area (Å²) in [5, 5.41) is 15.5. The molecule has 0 spiro atoms. The van der Waals surface area contributed by atoms with Crippen LogP contribution in [0.25, 0.3) is 11.3 Å². The molecule has 2 aromatic rings. The van der Waals surface area contributed by atoms with Crippen molar-refractivity contribution in [1.29, 1.82) is 0 Å². The van der Waals surface area contributed by atoms with Crippen LogP contribution in [-0.2, 0) is 0 Å². The molecule has 0 fully saturated rings. The molecule has 2 rings (SSSR count). The van der Waals surface area contributed by atoms with Gasteiger partial charge in [0.05, 0.1) is 0 Å². The number of aromatic nitrogens is 1. The first-order valence-electron chi connectivity index (χ1n) is 6.62. The van der Waals surface area contributed by atoms with Crippen LogP contribution in [0.2, 0.25) is 0 Å². The van der Waals surface area contributed by atoms with Gasteiger partial charge in [-0.1, -0.05) is 42.4 Å². The van der Waals surface area contributed by atoms with E-state index in [1.54, 1.807) is 6.07 Å². The molecule has 2 N–H and O–H groups in total. The third kappa shape index (κ3) is 3.68. The maximum absolute atomic E-state index is 11.9. The molecule has 1 heterocycles. The smallest absolute Gasteiger partial charge is 0.289 e. The molecule has 0 aliphatic carbocycles. The van der Waals surface area contributed by atoms with Gasteiger partial charge in [0.25, 0.3) is 5.91 Å². The lowest BCUT2D eigenvalue weighted by molar-refractivity contribution is 0.0908. The number of carbonyl (C=O) groups excluding carboxylic acids is 1. The zero-order chi connectivity index (χ0) is 14.4. The highest BCUT2D eigenvalue weighted by molar-refractivity contribution is 5.92. The van der Waals surface area contributed by atoms with Gasteiger partial charge in [-0.15, -0.1) is 0 Å². The van der Waals surface area contributed by atoms with Crippen molar-refractivity contribution >= 4 is 5.91 Å². The summed E-state index contributed by atoms with van der Waals surface area (Å²) in [4.78, 5) is 11.9. The SMILES string of the molecule is CC(CCO)CNC(=O)c1cc(-c2ccccc2)no1. The van der Waals surface area contributed by atoms with Gasteiger partial charge < -0.3 is 14.9 Å². The molecule has 5 nitrogen and oxygen atoms in total. The lowest BCUT2D eigenvalue weighted by Crippen LogP contribution is -2.28. The number of amides is 1. The molecule has 0 bridgehead atoms. The average molecular weight is 274 g/mol. The highest BCUT2D eigenvalue weighted by Crippen LogP contribution is 2.18. The topological polar surface area (TPSA) is 75.4 Å². The van der Waals surface area contributed by atoms with Crippen LogP contribution >= 0.6 is 0 Å². The molecule has 1 aromatic carbocycles. The summed E-state index contributed by atoms with van der Waals surface area (Å²) in [6, 6.07) is 11.2. The molecule has 0 aliphatic heterocycles. The Balaban J connectivity index is 1.97. The Hall–Kier alpha value is -2.14. The second-order valence-corrected chi connectivity index (χ2v) is 4.77. The molecule has 0 aliphatic rings. The summed E-state index contributed by atoms with van der Waals surface area (Å²) in [5.74, 6) is 0.130. The first-order chi connectivity index (χ1) is 9.70. The van der Waals surface area contributed by atoms with E-state index in [-0.39, 0.29) is 24.2 Å². The Morgan fingerprint density at radius 2 is 2.15 bits per heavy atom. The third-order valence-electron chi connectivity index (χ3n) is 3.04. The number of aliphatic hydroxyl groups is 1. The van der Waals surface area contributed by atoms with Crippen molar-refractivity contribution in [3.63, 3.8) is 0 Å². The lowest BCUT2D eigenvalue weighted by atomic mass is 10.1. The normalized spacial score (nSPS) is 12.1. The second-order valence-electron chi connectivity index (χ2n) is 4.77. The van der Waals surface area contributed by atoms with Crippen LogP contribution in [0.15, 0.2) is 40.9 Å². The lowest BCUT2D eigenvalue weighted by Gasteiger charge is -2.09. The van der Waals surface area contributed by atoms with Crippen LogP contribution in [0.5, 0.6) is 0 Å². The predicted octanol–water partition coefficient (Wildman–Crippen LogP) is 2.09. The van der Waals surface area contributed by atoms with Gasteiger partial charge in [-0.25, -0.2) is 0 Å². The van der Waals surface area contributed by atoms with Crippen molar-refractivity contribution in [1.82, 2.24) is 10.5 Å². The first kappa shape index (κ1) is 14.3. The fourth-order valence-electron chi connectivity index (χ4n) is 1.80. The van der Waals surface area contributed by atoms with E-state index in [0.29, 0.717) is 18.7 Å². The van der Waals surface area contributed by atoms with Crippen LogP contribution < -0.4 is 5.32 Å². The third-order valence-corrected chi connectivity index (χ3v) is 3.04. The van der Waals surface area contributed by atoms with Crippen LogP contribution in [0.1, 0.15) is 23.9 Å². The fraction of sp³-hybridized carbons (Fsp3) is 0.333. The summed E-state index contributed by atoms with van der Waals surface area (Å²) >= 11 is 0. The number of benzene rings is 1. The van der Waals surface area contributed by atoms with Gasteiger partial charge in [0.15, 0.2) is 0 Å². The quantitative estimate of drug-likeness (QED) is 0.845. The highest BCUT2D eigenvalue weighted by atomic mass is 16.5. The van der Waals surface area contributed by atoms with E-state index in [9.17, 15) is 4.79 Å². The van der Waals surface area contributed by atoms with Gasteiger partial charge >= 0.3 is 0 Å². The van der Waals surface area contributed by atoms with Crippen LogP contribution in [0.4, 0.5) is 0 Å². The van der Waals surface area contributed by atoms with E-state index >= 15 is 0 Å². The Bertz CT molecular complexity index is 551. The van der Waals surface area contributed by atoms with E-state index in [1.165, 1.54) is 0 Å². The monoisotopic (exact) mass is 274 g/mol. The van der Waals surface area contributed by atoms with Gasteiger partial charge in [-0.3, -0.25) is 4.79 Å². The molecule has 5 heteroatoms. The fourth-order valence-corrected chi connectivity index (χ4v) is 1.80. The second kappa shape index (κ2) is 6.86. The first-order valence-corrected chi connectivity index (χ1v) is 6.62. The molecule has 20 heavy (non-hydrogen) atoms. The molecule has 1 atom stereocenters. The molecule has 1 amide bonds. The number of nitrogens with zero attached hydrogens (tertiary/aromatic N) is 1. The molecule has 0 saturated carbocycles. The summed E-state index contributed by atoms with van der Waals surface area (Å²) in [7, 11) is 0. The summed E-state index contributed by atoms with van der Waals surface area (Å²) in [6.07, 6.45) is 0.659. The van der Waals surface area contributed by atoms with E-state index in [4.69, 9.17) is 9.63 Å². The van der Waals surface area contributed by atoms with Crippen molar-refractivity contribution in [2.45, 2.75) is 13.3 Å². The van der Waals surface area contributed by atoms with Crippen molar-refractivity contribution in [2.24, 2.45) is 5.92 Å². The number of hydrogen-bond acceptors (Lipinski definition) is 4. The van der Waals surface area contributed by atoms with Crippen molar-refractivity contribution < 1.29 is 14.4 Å². The molecule has 0 saturated heterocycles. The Labute approximate surface area is 117 Å². The van der Waals surface area contributed by atoms with Gasteiger partial charge in [0, 0.05) is 24.8 Å². The molecular weight excluding hydrogens is 256 g/mol. The summed E-state index contributed by atoms with van der Waals surface area (Å²) in [6.45, 7) is 2.59. The van der Waals surface area contributed by atoms with Crippen LogP contribution in [0.3, 0.4) is 0 Å². The van der Waals surface area contributed by atoms with Crippen LogP contribution in [0, 0.1) is 5.92 Å². The summed E-state index contributed by atoms with van der Waals surface area (Å²) < 4.78 is 5.06. The predicted molar refractivity (Wildman–Crippen MR) is 75.1 cm³/mol. The average Bonchev–Trinajstić information content (AvgIpc) is 2.96. The van der Waals surface area contributed by atoms with E-state index in [1.807, 2.05) is 37.3 Å². The highest BCUT2D eigenvalue weighted by Gasteiger charge is 2.14. The standard InChI is InChI=1S/C15H18N2O3/c1-11(7-8-18)10-16-15(19)14-9-13(17-20-14)12-5-3-2-4-6-12/h2-6,9,11,18H,7-8,10H2,1H3,(H,16,19). The van der Waals surface area contributed by atoms with E-state index in [2.05, 4.69) is 10.5 Å². The molecule has 106 valence electrons. The van der Waals surface area contributed by atoms with E-state index < -0.39 is 0 Å². The minimum Gasteiger partial charge on any atom is -0.396 e. The zero-order valence-corrected chi connectivity index (χ0v) is 11.4. The number of nitrogens with one attached hydrogen (secondary N) is 1. The van der Waals surface area contributed by atoms with Gasteiger partial charge in [-0.05, 0) is 12.3 Å². The molecule has 1 aromatic heterocycles. The maximum atomic E-state index is 11.9. The molecule has 0 radical (unpaired) electrons. The van der Waals surface area contributed by atoms with Crippen molar-refractivity contribution in [3.05, 3.63) is 42.2 Å². The van der Waals surface area contributed by atoms with Gasteiger partial charge in [-0.2, -0.15) is 0 Å². The van der Waals surface area contributed by atoms with Gasteiger partial charge in [0.2, 0.25) is 5.76 Å². The van der Waals surface area contributed by atoms with E-state index in [0.717, 1.165) is 5.56 Å². The minimum absolute atomic E-state index is 0.123. The summed E-state index contributed by atoms with van der Waals surface area (Å²) in [5.41, 5.74) is 1.54. The number of hydrogen-bond donors (Lipinski definition) is 2. The minimum atomic E-state index is -0.288. The largest absolute Gasteiger partial charge is 0.396 e. The number of rotatable bonds is 6. The van der Waals surface area contributed by atoms with Gasteiger partial charge in [0.1, 0.15) is 5.69 Å². The Kier molecular flexibility index (Phi) is 4.90. The van der Waals surface area contributed by atoms with Crippen molar-refractivity contribution in [3.8, 4) is 11.3 Å². The Morgan fingerprint density at radius 3 is 2.85 bits per heavy atom. The Morgan fingerprint density at radius 1 is 1.40 bits per heavy atom. The number of aliphatic hydroxyl groups excluding tert-OH is 1. The van der Waals surface area contributed by atoms with Crippen LogP contribution in [-0.4, -0.2) is 29.3 Å². The molecular formula is C15H18N2O3. The zero-order valence-electron chi connectivity index (χ0n) is 11.4. The van der Waals surface area contributed by atoms with Crippen molar-refractivity contribution in [2.75, 3.05) is 13.2 Å². The number of carbonyl (C=O) groups is 1.